The van der Waals surface area contributed by atoms with Gasteiger partial charge in [-0.15, -0.1) is 0 Å². The fraction of sp³-hybridized carbons (Fsp3) is 0. The van der Waals surface area contributed by atoms with Crippen molar-refractivity contribution in [3.8, 4) is 5.75 Å². The van der Waals surface area contributed by atoms with Crippen LogP contribution in [0.15, 0.2) is 24.3 Å². The van der Waals surface area contributed by atoms with E-state index in [0.29, 0.717) is 15.7 Å². The van der Waals surface area contributed by atoms with Gasteiger partial charge < -0.3 is 10.8 Å². The van der Waals surface area contributed by atoms with Crippen molar-refractivity contribution in [3.63, 3.8) is 0 Å². The lowest BCUT2D eigenvalue weighted by atomic mass is 10.3. The normalized spacial score (nSPS) is 9.90. The van der Waals surface area contributed by atoms with Gasteiger partial charge in [-0.2, -0.15) is 0 Å². The molecule has 2 nitrogen and oxygen atoms in total. The molecular formula is C12H7Cl5INO. The maximum absolute atomic E-state index is 8.89. The summed E-state index contributed by atoms with van der Waals surface area (Å²) < 4.78 is 0.843. The lowest BCUT2D eigenvalue weighted by molar-refractivity contribution is 0.475. The molecule has 0 radical (unpaired) electrons. The Morgan fingerprint density at radius 3 is 1.60 bits per heavy atom. The number of benzene rings is 2. The fourth-order valence-electron chi connectivity index (χ4n) is 1.12. The molecule has 0 aromatic heterocycles. The minimum atomic E-state index is 0.0133. The summed E-state index contributed by atoms with van der Waals surface area (Å²) in [5.74, 6) is 0.0133. The number of nitrogen functional groups attached to an aromatic ring is 1. The largest absolute Gasteiger partial charge is 0.508 e. The highest BCUT2D eigenvalue weighted by molar-refractivity contribution is 14.1. The van der Waals surface area contributed by atoms with Gasteiger partial charge in [0, 0.05) is 17.8 Å². The standard InChI is InChI=1S/C6H3Cl3O.C6H4Cl2IN/c2*7-4-1-3(10)2-5(8)6(4)9/h1-2,10H;1-2H,10H2. The monoisotopic (exact) mass is 483 g/mol. The number of phenols is 1. The van der Waals surface area contributed by atoms with Crippen molar-refractivity contribution >= 4 is 86.3 Å². The van der Waals surface area contributed by atoms with E-state index < -0.39 is 0 Å². The third-order valence-corrected chi connectivity index (χ3v) is 5.57. The molecule has 3 N–H and O–H groups in total. The van der Waals surface area contributed by atoms with Crippen molar-refractivity contribution in [1.29, 1.82) is 0 Å². The summed E-state index contributed by atoms with van der Waals surface area (Å²) in [6.45, 7) is 0. The quantitative estimate of drug-likeness (QED) is 0.253. The summed E-state index contributed by atoms with van der Waals surface area (Å²) in [6.07, 6.45) is 0. The fourth-order valence-corrected chi connectivity index (χ4v) is 2.52. The van der Waals surface area contributed by atoms with Crippen LogP contribution in [0.3, 0.4) is 0 Å². The van der Waals surface area contributed by atoms with E-state index in [1.54, 1.807) is 12.1 Å². The zero-order chi connectivity index (χ0) is 15.4. The highest BCUT2D eigenvalue weighted by atomic mass is 127. The number of nitrogens with two attached hydrogens (primary N) is 1. The number of aromatic hydroxyl groups is 1. The summed E-state index contributed by atoms with van der Waals surface area (Å²) in [5.41, 5.74) is 6.05. The third-order valence-electron chi connectivity index (χ3n) is 1.97. The summed E-state index contributed by atoms with van der Waals surface area (Å²) in [7, 11) is 0. The van der Waals surface area contributed by atoms with Crippen molar-refractivity contribution in [3.05, 3.63) is 52.9 Å². The van der Waals surface area contributed by atoms with E-state index in [1.165, 1.54) is 12.1 Å². The molecule has 2 aromatic carbocycles. The van der Waals surface area contributed by atoms with E-state index in [9.17, 15) is 0 Å². The Bertz CT molecular complexity index is 534. The Balaban J connectivity index is 0.000000200. The van der Waals surface area contributed by atoms with Gasteiger partial charge in [-0.25, -0.2) is 0 Å². The molecule has 0 spiro atoms. The van der Waals surface area contributed by atoms with Crippen LogP contribution < -0.4 is 5.73 Å². The Labute approximate surface area is 154 Å². The average Bonchev–Trinajstić information content (AvgIpc) is 2.33. The van der Waals surface area contributed by atoms with Crippen LogP contribution in [-0.4, -0.2) is 5.11 Å². The molecule has 8 heteroatoms. The first-order chi connectivity index (χ1) is 9.22. The zero-order valence-electron chi connectivity index (χ0n) is 9.60. The van der Waals surface area contributed by atoms with Crippen molar-refractivity contribution < 1.29 is 5.11 Å². The summed E-state index contributed by atoms with van der Waals surface area (Å²) in [6, 6.07) is 6.01. The molecule has 0 atom stereocenters. The molecule has 0 saturated carbocycles. The maximum atomic E-state index is 8.89. The molecule has 2 aromatic rings. The molecule has 0 aliphatic rings. The second-order valence-electron chi connectivity index (χ2n) is 3.52. The van der Waals surface area contributed by atoms with E-state index >= 15 is 0 Å². The molecule has 0 aliphatic carbocycles. The van der Waals surface area contributed by atoms with Crippen LogP contribution in [0.25, 0.3) is 0 Å². The van der Waals surface area contributed by atoms with Gasteiger partial charge in [-0.05, 0) is 34.7 Å². The minimum absolute atomic E-state index is 0.0133. The predicted molar refractivity (Wildman–Crippen MR) is 96.7 cm³/mol. The molecule has 0 bridgehead atoms. The molecular weight excluding hydrogens is 478 g/mol. The number of hydrogen-bond acceptors (Lipinski definition) is 2. The number of hydrogen-bond donors (Lipinski definition) is 2. The summed E-state index contributed by atoms with van der Waals surface area (Å²) in [5, 5.41) is 10.9. The molecule has 0 heterocycles. The van der Waals surface area contributed by atoms with Gasteiger partial charge in [0.05, 0.1) is 28.7 Å². The second kappa shape index (κ2) is 8.01. The highest BCUT2D eigenvalue weighted by Gasteiger charge is 2.04. The molecule has 0 aliphatic heterocycles. The zero-order valence-corrected chi connectivity index (χ0v) is 15.5. The van der Waals surface area contributed by atoms with Gasteiger partial charge in [0.15, 0.2) is 0 Å². The summed E-state index contributed by atoms with van der Waals surface area (Å²) in [4.78, 5) is 0. The van der Waals surface area contributed by atoms with Crippen LogP contribution in [0, 0.1) is 3.57 Å². The molecule has 0 saturated heterocycles. The van der Waals surface area contributed by atoms with Gasteiger partial charge in [-0.3, -0.25) is 0 Å². The first-order valence-corrected chi connectivity index (χ1v) is 7.92. The number of rotatable bonds is 0. The van der Waals surface area contributed by atoms with E-state index in [0.717, 1.165) is 3.57 Å². The van der Waals surface area contributed by atoms with Gasteiger partial charge >= 0.3 is 0 Å². The topological polar surface area (TPSA) is 46.2 Å². The van der Waals surface area contributed by atoms with Gasteiger partial charge in [-0.1, -0.05) is 58.0 Å². The summed E-state index contributed by atoms with van der Waals surface area (Å²) >= 11 is 30.2. The molecule has 0 unspecified atom stereocenters. The van der Waals surface area contributed by atoms with Crippen LogP contribution >= 0.6 is 80.6 Å². The number of anilines is 1. The van der Waals surface area contributed by atoms with Crippen molar-refractivity contribution in [2.75, 3.05) is 5.73 Å². The SMILES string of the molecule is Nc1cc(Cl)c(I)c(Cl)c1.Oc1cc(Cl)c(Cl)c(Cl)c1. The Hall–Kier alpha value is 0.220. The first-order valence-electron chi connectivity index (χ1n) is 4.96. The van der Waals surface area contributed by atoms with Crippen molar-refractivity contribution in [2.24, 2.45) is 0 Å². The van der Waals surface area contributed by atoms with E-state index in [-0.39, 0.29) is 20.8 Å². The molecule has 0 amide bonds. The Morgan fingerprint density at radius 2 is 1.20 bits per heavy atom. The van der Waals surface area contributed by atoms with E-state index in [2.05, 4.69) is 22.6 Å². The second-order valence-corrected chi connectivity index (χ2v) is 6.61. The number of phenolic OH excluding ortho intramolecular Hbond substituents is 1. The lowest BCUT2D eigenvalue weighted by Gasteiger charge is -1.99. The molecule has 0 fully saturated rings. The van der Waals surface area contributed by atoms with Crippen LogP contribution in [0.4, 0.5) is 5.69 Å². The Kier molecular flexibility index (Phi) is 7.32. The van der Waals surface area contributed by atoms with Gasteiger partial charge in [0.2, 0.25) is 0 Å². The van der Waals surface area contributed by atoms with Crippen LogP contribution in [0.1, 0.15) is 0 Å². The maximum Gasteiger partial charge on any atom is 0.118 e. The number of halogens is 6. The third kappa shape index (κ3) is 5.20. The molecule has 2 rings (SSSR count). The molecule has 108 valence electrons. The Morgan fingerprint density at radius 1 is 0.800 bits per heavy atom. The lowest BCUT2D eigenvalue weighted by Crippen LogP contribution is -1.86. The van der Waals surface area contributed by atoms with Crippen molar-refractivity contribution in [1.82, 2.24) is 0 Å². The van der Waals surface area contributed by atoms with E-state index in [1.807, 2.05) is 0 Å². The first kappa shape index (κ1) is 18.3. The molecule has 20 heavy (non-hydrogen) atoms. The van der Waals surface area contributed by atoms with Gasteiger partial charge in [0.1, 0.15) is 5.75 Å². The smallest absolute Gasteiger partial charge is 0.118 e. The predicted octanol–water partition coefficient (Wildman–Crippen LogP) is 6.53. The van der Waals surface area contributed by atoms with Crippen LogP contribution in [0.2, 0.25) is 25.1 Å². The minimum Gasteiger partial charge on any atom is -0.508 e. The highest BCUT2D eigenvalue weighted by Crippen LogP contribution is 2.33. The van der Waals surface area contributed by atoms with E-state index in [4.69, 9.17) is 68.8 Å². The van der Waals surface area contributed by atoms with Crippen molar-refractivity contribution in [2.45, 2.75) is 0 Å². The van der Waals surface area contributed by atoms with Crippen LogP contribution in [-0.2, 0) is 0 Å². The average molecular weight is 485 g/mol. The van der Waals surface area contributed by atoms with Gasteiger partial charge in [0.25, 0.3) is 0 Å². The van der Waals surface area contributed by atoms with Crippen LogP contribution in [0.5, 0.6) is 5.75 Å².